The normalized spacial score (nSPS) is 14.8. The maximum Gasteiger partial charge on any atom is 0.243 e. The third-order valence-corrected chi connectivity index (χ3v) is 17.5. The standard InChI is InChI=1S/C67H134N12O9/c1-16-67(11,17-2)49-88-66(9,10)38-47-87-65(7,8)37-46-76-63(85)56(78-64(86)57(79-60(82)53(6)32-20-26-41-71-14)48-50(3)36-45-75-59(81)52(5)31-19-25-40-70-13)35-23-29-44-74-62(84)55(77-61(83)54(68)33-21-27-42-72-15)34-22-28-43-73-58(80)51(4)30-18-24-39-69-12/h50-57,69-72H,16-49,68H2,1-15H3,(H,73,80)(H,74,84)(H,75,81)(H,76,85)(H,77,83)(H,78,86)(H,79,82)/t50-,51?,52?,53?,54?,55?,56?,57?/m0/s1. The lowest BCUT2D eigenvalue weighted by molar-refractivity contribution is -0.133. The first-order valence-corrected chi connectivity index (χ1v) is 34.4. The van der Waals surface area contributed by atoms with Crippen LogP contribution in [0, 0.1) is 29.1 Å². The van der Waals surface area contributed by atoms with Gasteiger partial charge in [0.2, 0.25) is 41.4 Å². The van der Waals surface area contributed by atoms with Gasteiger partial charge in [-0.1, -0.05) is 74.1 Å². The van der Waals surface area contributed by atoms with E-state index in [2.05, 4.69) is 93.1 Å². The predicted molar refractivity (Wildman–Crippen MR) is 358 cm³/mol. The lowest BCUT2D eigenvalue weighted by Gasteiger charge is -2.34. The first-order valence-electron chi connectivity index (χ1n) is 34.4. The Morgan fingerprint density at radius 3 is 1.23 bits per heavy atom. The SMILES string of the molecule is CCC(C)(CC)COC(C)(C)CCOC(C)(C)CCNC(=O)C(CCCCNC(=O)C(CCCCNC(=O)C(C)CCCCNC)NC(=O)C(N)CCCCNC)NC(=O)C(C[C@@H](C)CCNC(=O)C(C)CCCCNC)NC(=O)C(C)CCCCNC. The van der Waals surface area contributed by atoms with Crippen LogP contribution >= 0.6 is 0 Å². The van der Waals surface area contributed by atoms with Gasteiger partial charge >= 0.3 is 0 Å². The molecule has 0 bridgehead atoms. The fraction of sp³-hybridized carbons (Fsp3) is 0.896. The minimum atomic E-state index is -0.979. The summed E-state index contributed by atoms with van der Waals surface area (Å²) in [7, 11) is 7.60. The summed E-state index contributed by atoms with van der Waals surface area (Å²) in [6, 6.07) is -3.56. The lowest BCUT2D eigenvalue weighted by atomic mass is 9.85. The Bertz CT molecular complexity index is 1890. The number of ether oxygens (including phenoxy) is 2. The Balaban J connectivity index is 6.45. The molecule has 0 heterocycles. The van der Waals surface area contributed by atoms with Crippen molar-refractivity contribution in [3.8, 4) is 0 Å². The van der Waals surface area contributed by atoms with E-state index in [1.807, 2.05) is 69.7 Å². The van der Waals surface area contributed by atoms with Crippen molar-refractivity contribution in [1.29, 1.82) is 0 Å². The van der Waals surface area contributed by atoms with Crippen LogP contribution in [0.3, 0.4) is 0 Å². The van der Waals surface area contributed by atoms with Gasteiger partial charge in [0.15, 0.2) is 0 Å². The van der Waals surface area contributed by atoms with E-state index in [1.54, 1.807) is 0 Å². The van der Waals surface area contributed by atoms with E-state index in [0.717, 1.165) is 103 Å². The Hall–Kier alpha value is -3.99. The average Bonchev–Trinajstić information content (AvgIpc) is 2.77. The third-order valence-electron chi connectivity index (χ3n) is 17.5. The molecule has 0 aliphatic heterocycles. The first-order chi connectivity index (χ1) is 41.7. The largest absolute Gasteiger partial charge is 0.375 e. The van der Waals surface area contributed by atoms with Crippen molar-refractivity contribution in [2.75, 3.05) is 93.8 Å². The highest BCUT2D eigenvalue weighted by atomic mass is 16.5. The van der Waals surface area contributed by atoms with Crippen LogP contribution in [0.15, 0.2) is 0 Å². The maximum absolute atomic E-state index is 14.6. The Labute approximate surface area is 535 Å². The van der Waals surface area contributed by atoms with Gasteiger partial charge < -0.3 is 73.7 Å². The highest BCUT2D eigenvalue weighted by Gasteiger charge is 2.32. The van der Waals surface area contributed by atoms with Crippen molar-refractivity contribution >= 4 is 41.4 Å². The second-order valence-corrected chi connectivity index (χ2v) is 26.9. The van der Waals surface area contributed by atoms with Gasteiger partial charge in [-0.2, -0.15) is 0 Å². The van der Waals surface area contributed by atoms with Crippen LogP contribution in [0.4, 0.5) is 0 Å². The minimum Gasteiger partial charge on any atom is -0.375 e. The van der Waals surface area contributed by atoms with Crippen molar-refractivity contribution in [2.45, 2.75) is 266 Å². The number of carbonyl (C=O) groups is 7. The Kier molecular flexibility index (Phi) is 47.4. The highest BCUT2D eigenvalue weighted by molar-refractivity contribution is 5.92. The van der Waals surface area contributed by atoms with Crippen LogP contribution in [0.25, 0.3) is 0 Å². The summed E-state index contributed by atoms with van der Waals surface area (Å²) >= 11 is 0. The summed E-state index contributed by atoms with van der Waals surface area (Å²) in [5.41, 5.74) is 5.46. The molecule has 0 aromatic carbocycles. The number of nitrogens with two attached hydrogens (primary N) is 1. The molecule has 13 N–H and O–H groups in total. The highest BCUT2D eigenvalue weighted by Crippen LogP contribution is 2.29. The fourth-order valence-corrected chi connectivity index (χ4v) is 10.0. The fourth-order valence-electron chi connectivity index (χ4n) is 10.0. The van der Waals surface area contributed by atoms with Crippen molar-refractivity contribution in [2.24, 2.45) is 34.8 Å². The summed E-state index contributed by atoms with van der Waals surface area (Å²) in [5.74, 6) is -2.50. The number of hydrogen-bond donors (Lipinski definition) is 12. The van der Waals surface area contributed by atoms with Gasteiger partial charge in [0.1, 0.15) is 18.1 Å². The van der Waals surface area contributed by atoms with Crippen LogP contribution in [-0.2, 0) is 43.0 Å². The zero-order valence-electron chi connectivity index (χ0n) is 58.4. The van der Waals surface area contributed by atoms with Crippen LogP contribution < -0.4 is 64.2 Å². The first kappa shape index (κ1) is 84.0. The van der Waals surface area contributed by atoms with Crippen LogP contribution in [0.5, 0.6) is 0 Å². The van der Waals surface area contributed by atoms with Crippen LogP contribution in [0.2, 0.25) is 0 Å². The van der Waals surface area contributed by atoms with E-state index in [9.17, 15) is 33.6 Å². The number of rotatable bonds is 57. The molecule has 516 valence electrons. The molecule has 21 nitrogen and oxygen atoms in total. The third kappa shape index (κ3) is 41.4. The van der Waals surface area contributed by atoms with Gasteiger partial charge in [0.25, 0.3) is 0 Å². The molecule has 7 unspecified atom stereocenters. The van der Waals surface area contributed by atoms with Gasteiger partial charge in [-0.25, -0.2) is 0 Å². The number of hydrogen-bond acceptors (Lipinski definition) is 14. The summed E-state index contributed by atoms with van der Waals surface area (Å²) in [5, 5.41) is 33.7. The van der Waals surface area contributed by atoms with Gasteiger partial charge in [0.05, 0.1) is 30.5 Å². The van der Waals surface area contributed by atoms with E-state index in [4.69, 9.17) is 15.2 Å². The Morgan fingerprint density at radius 1 is 0.386 bits per heavy atom. The number of unbranched alkanes of at least 4 members (excludes halogenated alkanes) is 6. The summed E-state index contributed by atoms with van der Waals surface area (Å²) in [6.07, 6.45) is 16.8. The van der Waals surface area contributed by atoms with Gasteiger partial charge in [0, 0.05) is 43.9 Å². The Morgan fingerprint density at radius 2 is 0.761 bits per heavy atom. The van der Waals surface area contributed by atoms with Crippen molar-refractivity contribution in [1.82, 2.24) is 58.5 Å². The molecule has 0 saturated heterocycles. The topological polar surface area (TPSA) is 296 Å². The van der Waals surface area contributed by atoms with Crippen molar-refractivity contribution < 1.29 is 43.0 Å². The molecule has 0 aliphatic carbocycles. The van der Waals surface area contributed by atoms with Crippen molar-refractivity contribution in [3.05, 3.63) is 0 Å². The molecule has 0 saturated carbocycles. The average molecular weight is 1250 g/mol. The monoisotopic (exact) mass is 1250 g/mol. The molecule has 0 radical (unpaired) electrons. The molecule has 0 fully saturated rings. The molecular weight excluding hydrogens is 1120 g/mol. The van der Waals surface area contributed by atoms with E-state index in [1.165, 1.54) is 0 Å². The molecule has 0 aliphatic rings. The maximum atomic E-state index is 14.6. The minimum absolute atomic E-state index is 0.00535. The lowest BCUT2D eigenvalue weighted by Crippen LogP contribution is -2.55. The molecule has 0 aromatic heterocycles. The van der Waals surface area contributed by atoms with Gasteiger partial charge in [-0.05, 0) is 222 Å². The predicted octanol–water partition coefficient (Wildman–Crippen LogP) is 6.65. The van der Waals surface area contributed by atoms with Gasteiger partial charge in [-0.15, -0.1) is 0 Å². The number of nitrogens with one attached hydrogen (secondary N) is 11. The van der Waals surface area contributed by atoms with E-state index in [0.29, 0.717) is 90.5 Å². The molecular formula is C67H134N12O9. The second-order valence-electron chi connectivity index (χ2n) is 26.9. The van der Waals surface area contributed by atoms with Crippen molar-refractivity contribution in [3.63, 3.8) is 0 Å². The zero-order valence-corrected chi connectivity index (χ0v) is 58.4. The number of amides is 7. The van der Waals surface area contributed by atoms with E-state index < -0.39 is 41.6 Å². The van der Waals surface area contributed by atoms with E-state index in [-0.39, 0.29) is 90.2 Å². The summed E-state index contributed by atoms with van der Waals surface area (Å²) < 4.78 is 12.8. The van der Waals surface area contributed by atoms with Crippen LogP contribution in [-0.4, -0.2) is 170 Å². The molecule has 0 aromatic rings. The number of carbonyl (C=O) groups excluding carboxylic acids is 7. The second kappa shape index (κ2) is 49.7. The molecule has 0 rings (SSSR count). The van der Waals surface area contributed by atoms with E-state index >= 15 is 0 Å². The molecule has 7 amide bonds. The quantitative estimate of drug-likeness (QED) is 0.0284. The van der Waals surface area contributed by atoms with Crippen LogP contribution in [0.1, 0.15) is 230 Å². The van der Waals surface area contributed by atoms with Gasteiger partial charge in [-0.3, -0.25) is 33.6 Å². The molecule has 88 heavy (non-hydrogen) atoms. The molecule has 8 atom stereocenters. The molecule has 0 spiro atoms. The smallest absolute Gasteiger partial charge is 0.243 e. The summed E-state index contributed by atoms with van der Waals surface area (Å²) in [4.78, 5) is 95.8. The molecule has 21 heteroatoms. The summed E-state index contributed by atoms with van der Waals surface area (Å²) in [6.45, 7) is 28.5. The zero-order chi connectivity index (χ0) is 66.4.